The van der Waals surface area contributed by atoms with Crippen LogP contribution in [-0.4, -0.2) is 58.8 Å². The zero-order valence-electron chi connectivity index (χ0n) is 9.57. The first-order valence-electron chi connectivity index (χ1n) is 5.56. The van der Waals surface area contributed by atoms with Crippen LogP contribution < -0.4 is 5.73 Å². The van der Waals surface area contributed by atoms with Gasteiger partial charge >= 0.3 is 0 Å². The van der Waals surface area contributed by atoms with Gasteiger partial charge in [0.1, 0.15) is 12.2 Å². The first kappa shape index (κ1) is 13.0. The molecule has 2 aliphatic heterocycles. The van der Waals surface area contributed by atoms with E-state index in [1.165, 1.54) is 4.90 Å². The molecule has 1 fully saturated rings. The molecule has 0 bridgehead atoms. The standard InChI is InChI=1S/C11H15FN2O4/c12-8-9(16)7(5-15)18-11(8)14-3-1-2-6(4-14)10(13)17/h1-3,7-9,11,15-16H,4-5H2,(H2,13,17)/t7-,8-,9-,11?/m1/s1. The highest BCUT2D eigenvalue weighted by atomic mass is 19.1. The Balaban J connectivity index is 2.08. The largest absolute Gasteiger partial charge is 0.394 e. The summed E-state index contributed by atoms with van der Waals surface area (Å²) in [7, 11) is 0. The Morgan fingerprint density at radius 2 is 2.39 bits per heavy atom. The van der Waals surface area contributed by atoms with E-state index in [-0.39, 0.29) is 6.54 Å². The number of nitrogens with zero attached hydrogens (tertiary/aromatic N) is 1. The summed E-state index contributed by atoms with van der Waals surface area (Å²) in [5, 5.41) is 18.5. The van der Waals surface area contributed by atoms with Crippen LogP contribution in [0.5, 0.6) is 0 Å². The molecule has 0 aromatic carbocycles. The average Bonchev–Trinajstić information content (AvgIpc) is 2.66. The van der Waals surface area contributed by atoms with Crippen molar-refractivity contribution in [2.75, 3.05) is 13.2 Å². The fourth-order valence-electron chi connectivity index (χ4n) is 2.03. The smallest absolute Gasteiger partial charge is 0.246 e. The lowest BCUT2D eigenvalue weighted by Crippen LogP contribution is -2.42. The normalized spacial score (nSPS) is 35.7. The summed E-state index contributed by atoms with van der Waals surface area (Å²) in [5.41, 5.74) is 5.48. The third kappa shape index (κ3) is 2.24. The van der Waals surface area contributed by atoms with Gasteiger partial charge in [0.15, 0.2) is 12.4 Å². The molecule has 2 heterocycles. The monoisotopic (exact) mass is 258 g/mol. The van der Waals surface area contributed by atoms with Crippen LogP contribution in [-0.2, 0) is 9.53 Å². The zero-order chi connectivity index (χ0) is 13.3. The van der Waals surface area contributed by atoms with Crippen LogP contribution in [0.1, 0.15) is 0 Å². The maximum Gasteiger partial charge on any atom is 0.246 e. The van der Waals surface area contributed by atoms with E-state index >= 15 is 0 Å². The molecule has 0 radical (unpaired) electrons. The topological polar surface area (TPSA) is 96.0 Å². The van der Waals surface area contributed by atoms with Crippen molar-refractivity contribution in [3.63, 3.8) is 0 Å². The number of hydrogen-bond acceptors (Lipinski definition) is 5. The van der Waals surface area contributed by atoms with E-state index in [0.29, 0.717) is 5.57 Å². The van der Waals surface area contributed by atoms with Gasteiger partial charge in [-0.15, -0.1) is 0 Å². The third-order valence-electron chi connectivity index (χ3n) is 3.04. The Morgan fingerprint density at radius 3 is 2.94 bits per heavy atom. The Morgan fingerprint density at radius 1 is 1.67 bits per heavy atom. The molecule has 0 saturated carbocycles. The molecule has 0 aromatic rings. The van der Waals surface area contributed by atoms with Gasteiger partial charge in [-0.3, -0.25) is 4.79 Å². The number of hydrogen-bond donors (Lipinski definition) is 3. The van der Waals surface area contributed by atoms with Crippen molar-refractivity contribution in [1.82, 2.24) is 4.90 Å². The third-order valence-corrected chi connectivity index (χ3v) is 3.04. The van der Waals surface area contributed by atoms with Crippen LogP contribution in [0.2, 0.25) is 0 Å². The Kier molecular flexibility index (Phi) is 3.65. The van der Waals surface area contributed by atoms with Crippen molar-refractivity contribution >= 4 is 5.91 Å². The molecule has 2 rings (SSSR count). The number of aliphatic hydroxyl groups is 2. The molecule has 1 unspecified atom stereocenters. The number of aliphatic hydroxyl groups excluding tert-OH is 2. The number of alkyl halides is 1. The molecule has 2 aliphatic rings. The minimum absolute atomic E-state index is 0.113. The number of carbonyl (C=O) groups excluding carboxylic acids is 1. The van der Waals surface area contributed by atoms with Gasteiger partial charge in [-0.05, 0) is 6.08 Å². The van der Waals surface area contributed by atoms with Crippen molar-refractivity contribution < 1.29 is 24.1 Å². The average molecular weight is 258 g/mol. The second kappa shape index (κ2) is 5.05. The van der Waals surface area contributed by atoms with Crippen molar-refractivity contribution in [2.45, 2.75) is 24.6 Å². The van der Waals surface area contributed by atoms with Gasteiger partial charge in [-0.2, -0.15) is 0 Å². The van der Waals surface area contributed by atoms with Gasteiger partial charge in [0.05, 0.1) is 13.2 Å². The fourth-order valence-corrected chi connectivity index (χ4v) is 2.03. The summed E-state index contributed by atoms with van der Waals surface area (Å²) in [5.74, 6) is -0.586. The van der Waals surface area contributed by atoms with E-state index in [0.717, 1.165) is 0 Å². The van der Waals surface area contributed by atoms with Crippen LogP contribution in [0.15, 0.2) is 23.9 Å². The number of rotatable bonds is 3. The quantitative estimate of drug-likeness (QED) is 0.581. The molecule has 7 heteroatoms. The highest BCUT2D eigenvalue weighted by molar-refractivity contribution is 5.92. The highest BCUT2D eigenvalue weighted by Crippen LogP contribution is 2.28. The van der Waals surface area contributed by atoms with Gasteiger partial charge in [-0.1, -0.05) is 6.08 Å². The molecule has 0 aliphatic carbocycles. The van der Waals surface area contributed by atoms with Gasteiger partial charge in [-0.25, -0.2) is 4.39 Å². The van der Waals surface area contributed by atoms with Crippen LogP contribution in [0.3, 0.4) is 0 Å². The van der Waals surface area contributed by atoms with E-state index in [1.807, 2.05) is 0 Å². The molecule has 0 spiro atoms. The molecular formula is C11H15FN2O4. The molecule has 4 atom stereocenters. The minimum atomic E-state index is -1.65. The van der Waals surface area contributed by atoms with Crippen LogP contribution in [0.25, 0.3) is 0 Å². The van der Waals surface area contributed by atoms with Gasteiger partial charge < -0.3 is 25.6 Å². The Hall–Kier alpha value is -1.44. The number of nitrogens with two attached hydrogens (primary N) is 1. The molecule has 100 valence electrons. The van der Waals surface area contributed by atoms with Crippen molar-refractivity contribution in [2.24, 2.45) is 5.73 Å². The number of halogens is 1. The number of amides is 1. The van der Waals surface area contributed by atoms with Crippen LogP contribution >= 0.6 is 0 Å². The summed E-state index contributed by atoms with van der Waals surface area (Å²) in [6.07, 6.45) is -0.372. The number of allylic oxidation sites excluding steroid dienone is 2. The molecule has 18 heavy (non-hydrogen) atoms. The summed E-state index contributed by atoms with van der Waals surface area (Å²) in [6.45, 7) is -0.351. The summed E-state index contributed by atoms with van der Waals surface area (Å²) in [6, 6.07) is 0. The lowest BCUT2D eigenvalue weighted by molar-refractivity contribution is -0.115. The van der Waals surface area contributed by atoms with Crippen molar-refractivity contribution in [1.29, 1.82) is 0 Å². The maximum absolute atomic E-state index is 13.8. The first-order chi connectivity index (χ1) is 8.54. The number of primary amides is 1. The second-order valence-corrected chi connectivity index (χ2v) is 4.25. The molecule has 6 nitrogen and oxygen atoms in total. The number of carbonyl (C=O) groups is 1. The van der Waals surface area contributed by atoms with E-state index in [9.17, 15) is 14.3 Å². The maximum atomic E-state index is 13.8. The van der Waals surface area contributed by atoms with E-state index < -0.39 is 37.1 Å². The first-order valence-corrected chi connectivity index (χ1v) is 5.56. The molecule has 1 saturated heterocycles. The lowest BCUT2D eigenvalue weighted by Gasteiger charge is -2.30. The van der Waals surface area contributed by atoms with E-state index in [2.05, 4.69) is 0 Å². The zero-order valence-corrected chi connectivity index (χ0v) is 9.57. The predicted molar refractivity (Wildman–Crippen MR) is 59.8 cm³/mol. The van der Waals surface area contributed by atoms with Gasteiger partial charge in [0.2, 0.25) is 5.91 Å². The van der Waals surface area contributed by atoms with Crippen molar-refractivity contribution in [3.8, 4) is 0 Å². The van der Waals surface area contributed by atoms with Crippen molar-refractivity contribution in [3.05, 3.63) is 23.9 Å². The second-order valence-electron chi connectivity index (χ2n) is 4.25. The summed E-state index contributed by atoms with van der Waals surface area (Å²) in [4.78, 5) is 12.5. The summed E-state index contributed by atoms with van der Waals surface area (Å²) < 4.78 is 19.1. The molecule has 1 amide bonds. The molecule has 4 N–H and O–H groups in total. The summed E-state index contributed by atoms with van der Waals surface area (Å²) >= 11 is 0. The minimum Gasteiger partial charge on any atom is -0.394 e. The molecule has 0 aromatic heterocycles. The Labute approximate surface area is 103 Å². The van der Waals surface area contributed by atoms with Gasteiger partial charge in [0, 0.05) is 11.8 Å². The SMILES string of the molecule is NC(=O)C1=CC=CN(C2O[C@H](CO)[C@@H](O)[C@H]2F)C1. The van der Waals surface area contributed by atoms with Crippen LogP contribution in [0.4, 0.5) is 4.39 Å². The van der Waals surface area contributed by atoms with Crippen LogP contribution in [0, 0.1) is 0 Å². The van der Waals surface area contributed by atoms with E-state index in [4.69, 9.17) is 15.6 Å². The van der Waals surface area contributed by atoms with E-state index in [1.54, 1.807) is 18.4 Å². The van der Waals surface area contributed by atoms with Gasteiger partial charge in [0.25, 0.3) is 0 Å². The molecular weight excluding hydrogens is 243 g/mol. The lowest BCUT2D eigenvalue weighted by atomic mass is 10.1. The predicted octanol–water partition coefficient (Wildman–Crippen LogP) is -1.36. The fraction of sp³-hybridized carbons (Fsp3) is 0.545. The highest BCUT2D eigenvalue weighted by Gasteiger charge is 2.46. The Bertz CT molecular complexity index is 399. The number of ether oxygens (including phenoxy) is 1.